The van der Waals surface area contributed by atoms with E-state index in [1.165, 1.54) is 0 Å². The number of carbonyl (C=O) groups is 1. The second kappa shape index (κ2) is 4.76. The monoisotopic (exact) mass is 250 g/mol. The fourth-order valence-corrected chi connectivity index (χ4v) is 2.14. The summed E-state index contributed by atoms with van der Waals surface area (Å²) in [6.45, 7) is 4.60. The summed E-state index contributed by atoms with van der Waals surface area (Å²) in [4.78, 5) is 12.7. The maximum absolute atomic E-state index is 10.9. The highest BCUT2D eigenvalue weighted by molar-refractivity contribution is 5.81. The van der Waals surface area contributed by atoms with E-state index in [1.807, 2.05) is 12.1 Å². The topological polar surface area (TPSA) is 75.8 Å². The van der Waals surface area contributed by atoms with Gasteiger partial charge in [0.05, 0.1) is 12.2 Å². The van der Waals surface area contributed by atoms with E-state index >= 15 is 0 Å². The molecule has 0 amide bonds. The van der Waals surface area contributed by atoms with Gasteiger partial charge in [-0.1, -0.05) is 19.9 Å². The summed E-state index contributed by atoms with van der Waals surface area (Å²) in [6.07, 6.45) is -0.0151. The Morgan fingerprint density at radius 3 is 2.94 bits per heavy atom. The van der Waals surface area contributed by atoms with E-state index in [0.717, 1.165) is 0 Å². The molecule has 1 aromatic carbocycles. The van der Waals surface area contributed by atoms with Crippen molar-refractivity contribution in [3.63, 3.8) is 0 Å². The van der Waals surface area contributed by atoms with Gasteiger partial charge in [-0.15, -0.1) is 0 Å². The third-order valence-corrected chi connectivity index (χ3v) is 3.09. The summed E-state index contributed by atoms with van der Waals surface area (Å²) in [5.74, 6) is 0.116. The maximum atomic E-state index is 10.9. The number of carboxylic acids is 1. The predicted octanol–water partition coefficient (Wildman–Crippen LogP) is 1.58. The Kier molecular flexibility index (Phi) is 3.32. The van der Waals surface area contributed by atoms with E-state index in [-0.39, 0.29) is 12.6 Å². The van der Waals surface area contributed by atoms with Crippen LogP contribution in [0.3, 0.4) is 0 Å². The van der Waals surface area contributed by atoms with Crippen LogP contribution < -0.4 is 15.4 Å². The quantitative estimate of drug-likeness (QED) is 0.796. The molecule has 0 saturated heterocycles. The normalized spacial score (nSPS) is 18.4. The number of nitrogen functional groups attached to an aromatic ring is 1. The van der Waals surface area contributed by atoms with Crippen LogP contribution in [0.4, 0.5) is 11.4 Å². The van der Waals surface area contributed by atoms with Gasteiger partial charge in [-0.25, -0.2) is 0 Å². The molecule has 0 aromatic heterocycles. The van der Waals surface area contributed by atoms with Crippen molar-refractivity contribution < 1.29 is 14.6 Å². The number of fused-ring (bicyclic) bond motifs is 1. The van der Waals surface area contributed by atoms with E-state index in [0.29, 0.717) is 29.6 Å². The SMILES string of the molecule is CC(C)C1CN(CC(=O)O)c2c(N)cccc2O1. The molecule has 0 fully saturated rings. The summed E-state index contributed by atoms with van der Waals surface area (Å²) in [5.41, 5.74) is 7.16. The molecule has 18 heavy (non-hydrogen) atoms. The number of aliphatic carboxylic acids is 1. The highest BCUT2D eigenvalue weighted by Gasteiger charge is 2.30. The van der Waals surface area contributed by atoms with E-state index in [9.17, 15) is 4.79 Å². The van der Waals surface area contributed by atoms with Crippen molar-refractivity contribution in [1.82, 2.24) is 0 Å². The van der Waals surface area contributed by atoms with Crippen LogP contribution >= 0.6 is 0 Å². The molecule has 1 heterocycles. The molecule has 5 heteroatoms. The molecular weight excluding hydrogens is 232 g/mol. The van der Waals surface area contributed by atoms with Crippen LogP contribution in [0.2, 0.25) is 0 Å². The average molecular weight is 250 g/mol. The van der Waals surface area contributed by atoms with Gasteiger partial charge in [0.2, 0.25) is 0 Å². The van der Waals surface area contributed by atoms with Crippen LogP contribution in [0.1, 0.15) is 13.8 Å². The zero-order chi connectivity index (χ0) is 13.3. The number of ether oxygens (including phenoxy) is 1. The first-order valence-electron chi connectivity index (χ1n) is 6.01. The summed E-state index contributed by atoms with van der Waals surface area (Å²) in [6, 6.07) is 5.40. The lowest BCUT2D eigenvalue weighted by Crippen LogP contribution is -2.45. The molecule has 0 aliphatic carbocycles. The van der Waals surface area contributed by atoms with Gasteiger partial charge in [-0.3, -0.25) is 4.79 Å². The molecule has 98 valence electrons. The number of benzene rings is 1. The van der Waals surface area contributed by atoms with Gasteiger partial charge < -0.3 is 20.5 Å². The number of hydrogen-bond acceptors (Lipinski definition) is 4. The molecular formula is C13H18N2O3. The van der Waals surface area contributed by atoms with Gasteiger partial charge in [0.15, 0.2) is 0 Å². The molecule has 1 aliphatic heterocycles. The first-order chi connectivity index (χ1) is 8.49. The van der Waals surface area contributed by atoms with Crippen molar-refractivity contribution in [1.29, 1.82) is 0 Å². The number of nitrogens with two attached hydrogens (primary N) is 1. The van der Waals surface area contributed by atoms with Crippen molar-refractivity contribution in [3.05, 3.63) is 18.2 Å². The molecule has 1 unspecified atom stereocenters. The lowest BCUT2D eigenvalue weighted by molar-refractivity contribution is -0.135. The second-order valence-corrected chi connectivity index (χ2v) is 4.87. The molecule has 0 saturated carbocycles. The predicted molar refractivity (Wildman–Crippen MR) is 70.0 cm³/mol. The van der Waals surface area contributed by atoms with E-state index in [1.54, 1.807) is 11.0 Å². The summed E-state index contributed by atoms with van der Waals surface area (Å²) >= 11 is 0. The van der Waals surface area contributed by atoms with Crippen LogP contribution in [-0.2, 0) is 4.79 Å². The first-order valence-corrected chi connectivity index (χ1v) is 6.01. The molecule has 2 rings (SSSR count). The molecule has 3 N–H and O–H groups in total. The van der Waals surface area contributed by atoms with Crippen molar-refractivity contribution in [3.8, 4) is 5.75 Å². The minimum absolute atomic E-state index is 0.0151. The Morgan fingerprint density at radius 2 is 2.33 bits per heavy atom. The Labute approximate surface area is 106 Å². The highest BCUT2D eigenvalue weighted by Crippen LogP contribution is 2.39. The fourth-order valence-electron chi connectivity index (χ4n) is 2.14. The molecule has 0 spiro atoms. The molecule has 1 aromatic rings. The molecule has 1 atom stereocenters. The molecule has 0 bridgehead atoms. The van der Waals surface area contributed by atoms with Crippen LogP contribution in [0.5, 0.6) is 5.75 Å². The lowest BCUT2D eigenvalue weighted by Gasteiger charge is -2.37. The Morgan fingerprint density at radius 1 is 1.61 bits per heavy atom. The zero-order valence-corrected chi connectivity index (χ0v) is 10.6. The Bertz CT molecular complexity index is 460. The first kappa shape index (κ1) is 12.5. The number of nitrogens with zero attached hydrogens (tertiary/aromatic N) is 1. The Hall–Kier alpha value is -1.91. The lowest BCUT2D eigenvalue weighted by atomic mass is 10.0. The Balaban J connectivity index is 2.37. The zero-order valence-electron chi connectivity index (χ0n) is 10.6. The number of para-hydroxylation sites is 1. The number of hydrogen-bond donors (Lipinski definition) is 2. The van der Waals surface area contributed by atoms with E-state index in [2.05, 4.69) is 13.8 Å². The van der Waals surface area contributed by atoms with Crippen molar-refractivity contribution in [2.45, 2.75) is 20.0 Å². The van der Waals surface area contributed by atoms with Gasteiger partial charge in [0.1, 0.15) is 24.1 Å². The second-order valence-electron chi connectivity index (χ2n) is 4.87. The number of carboxylic acid groups (broad SMARTS) is 1. The van der Waals surface area contributed by atoms with Crippen LogP contribution in [-0.4, -0.2) is 30.3 Å². The van der Waals surface area contributed by atoms with Gasteiger partial charge in [0.25, 0.3) is 0 Å². The third-order valence-electron chi connectivity index (χ3n) is 3.09. The minimum Gasteiger partial charge on any atom is -0.486 e. The largest absolute Gasteiger partial charge is 0.486 e. The molecule has 0 radical (unpaired) electrons. The van der Waals surface area contributed by atoms with E-state index in [4.69, 9.17) is 15.6 Å². The van der Waals surface area contributed by atoms with Crippen molar-refractivity contribution >= 4 is 17.3 Å². The van der Waals surface area contributed by atoms with E-state index < -0.39 is 5.97 Å². The highest BCUT2D eigenvalue weighted by atomic mass is 16.5. The summed E-state index contributed by atoms with van der Waals surface area (Å²) in [5, 5.41) is 8.98. The maximum Gasteiger partial charge on any atom is 0.323 e. The minimum atomic E-state index is -0.867. The van der Waals surface area contributed by atoms with Crippen molar-refractivity contribution in [2.24, 2.45) is 5.92 Å². The standard InChI is InChI=1S/C13H18N2O3/c1-8(2)11-6-15(7-12(16)17)13-9(14)4-3-5-10(13)18-11/h3-5,8,11H,6-7,14H2,1-2H3,(H,16,17). The van der Waals surface area contributed by atoms with Gasteiger partial charge in [-0.05, 0) is 18.1 Å². The fraction of sp³-hybridized carbons (Fsp3) is 0.462. The summed E-state index contributed by atoms with van der Waals surface area (Å²) < 4.78 is 5.87. The van der Waals surface area contributed by atoms with Gasteiger partial charge >= 0.3 is 5.97 Å². The van der Waals surface area contributed by atoms with Gasteiger partial charge in [0, 0.05) is 0 Å². The van der Waals surface area contributed by atoms with Crippen LogP contribution in [0, 0.1) is 5.92 Å². The number of anilines is 2. The molecule has 5 nitrogen and oxygen atoms in total. The molecule has 1 aliphatic rings. The smallest absolute Gasteiger partial charge is 0.323 e. The number of rotatable bonds is 3. The average Bonchev–Trinajstić information content (AvgIpc) is 2.27. The van der Waals surface area contributed by atoms with Crippen LogP contribution in [0.25, 0.3) is 0 Å². The van der Waals surface area contributed by atoms with Gasteiger partial charge in [-0.2, -0.15) is 0 Å². The van der Waals surface area contributed by atoms with Crippen molar-refractivity contribution in [2.75, 3.05) is 23.7 Å². The third kappa shape index (κ3) is 2.34. The van der Waals surface area contributed by atoms with Crippen LogP contribution in [0.15, 0.2) is 18.2 Å². The summed E-state index contributed by atoms with van der Waals surface area (Å²) in [7, 11) is 0.